The quantitative estimate of drug-likeness (QED) is 0.152. The number of aryl methyl sites for hydroxylation is 1. The van der Waals surface area contributed by atoms with Crippen LogP contribution in [0.3, 0.4) is 0 Å². The summed E-state index contributed by atoms with van der Waals surface area (Å²) in [6.07, 6.45) is 12.1. The summed E-state index contributed by atoms with van der Waals surface area (Å²) in [5.41, 5.74) is 13.6. The second kappa shape index (κ2) is 14.6. The number of carbonyl (C=O) groups excluding carboxylic acids is 1. The van der Waals surface area contributed by atoms with Gasteiger partial charge in [-0.25, -0.2) is 4.98 Å². The zero-order chi connectivity index (χ0) is 31.8. The van der Waals surface area contributed by atoms with Crippen LogP contribution in [0.1, 0.15) is 36.6 Å². The van der Waals surface area contributed by atoms with Gasteiger partial charge in [-0.15, -0.1) is 0 Å². The van der Waals surface area contributed by atoms with Crippen molar-refractivity contribution >= 4 is 23.3 Å². The second-order valence-electron chi connectivity index (χ2n) is 11.1. The Labute approximate surface area is 264 Å². The number of methoxy groups -OCH3 is 2. The molecule has 5 rings (SSSR count). The zero-order valence-electron chi connectivity index (χ0n) is 26.2. The van der Waals surface area contributed by atoms with Gasteiger partial charge in [0.25, 0.3) is 0 Å². The van der Waals surface area contributed by atoms with Crippen LogP contribution in [0, 0.1) is 12.8 Å². The van der Waals surface area contributed by atoms with Gasteiger partial charge in [-0.3, -0.25) is 14.8 Å². The second-order valence-corrected chi connectivity index (χ2v) is 11.1. The maximum atomic E-state index is 12.4. The SMILES string of the molecule is COc1ccc(-c2cnc(N)c(-c3ccc(/C(C=O)=C/N(/C=C(\C)c4ccc(C)cn4)CC4CCOCC4)cn3)c2)cc1OC. The Morgan fingerprint density at radius 3 is 2.40 bits per heavy atom. The molecule has 2 N–H and O–H groups in total. The van der Waals surface area contributed by atoms with Gasteiger partial charge in [0, 0.05) is 73.0 Å². The Morgan fingerprint density at radius 1 is 0.933 bits per heavy atom. The number of aldehydes is 1. The predicted molar refractivity (Wildman–Crippen MR) is 177 cm³/mol. The minimum absolute atomic E-state index is 0.360. The number of carbonyl (C=O) groups is 1. The van der Waals surface area contributed by atoms with E-state index < -0.39 is 0 Å². The largest absolute Gasteiger partial charge is 0.493 e. The first kappa shape index (κ1) is 31.4. The van der Waals surface area contributed by atoms with Crippen LogP contribution in [0.2, 0.25) is 0 Å². The Balaban J connectivity index is 1.43. The number of pyridine rings is 3. The number of rotatable bonds is 11. The van der Waals surface area contributed by atoms with Crippen molar-refractivity contribution in [3.63, 3.8) is 0 Å². The van der Waals surface area contributed by atoms with Crippen molar-refractivity contribution in [2.75, 3.05) is 39.7 Å². The van der Waals surface area contributed by atoms with Crippen LogP contribution in [0.5, 0.6) is 11.5 Å². The molecule has 0 atom stereocenters. The van der Waals surface area contributed by atoms with Gasteiger partial charge in [0.1, 0.15) is 5.82 Å². The van der Waals surface area contributed by atoms with Crippen LogP contribution in [0.15, 0.2) is 79.5 Å². The lowest BCUT2D eigenvalue weighted by atomic mass is 9.99. The predicted octanol–water partition coefficient (Wildman–Crippen LogP) is 6.44. The van der Waals surface area contributed by atoms with Crippen molar-refractivity contribution < 1.29 is 19.0 Å². The fraction of sp³-hybridized carbons (Fsp3) is 0.278. The van der Waals surface area contributed by atoms with Crippen LogP contribution < -0.4 is 15.2 Å². The van der Waals surface area contributed by atoms with Crippen molar-refractivity contribution in [3.05, 3.63) is 96.3 Å². The maximum absolute atomic E-state index is 12.4. The van der Waals surface area contributed by atoms with Crippen molar-refractivity contribution in [2.24, 2.45) is 5.92 Å². The van der Waals surface area contributed by atoms with Crippen LogP contribution in [-0.4, -0.2) is 60.1 Å². The maximum Gasteiger partial charge on any atom is 0.161 e. The first-order valence-electron chi connectivity index (χ1n) is 14.9. The Bertz CT molecular complexity index is 1680. The number of allylic oxidation sites excluding steroid dienone is 2. The van der Waals surface area contributed by atoms with Gasteiger partial charge >= 0.3 is 0 Å². The Morgan fingerprint density at radius 2 is 1.73 bits per heavy atom. The number of nitrogens with zero attached hydrogens (tertiary/aromatic N) is 4. The number of hydrogen-bond donors (Lipinski definition) is 1. The van der Waals surface area contributed by atoms with E-state index >= 15 is 0 Å². The first-order chi connectivity index (χ1) is 21.9. The summed E-state index contributed by atoms with van der Waals surface area (Å²) in [5, 5.41) is 0. The standard InChI is InChI=1S/C36H39N5O4/c1-24-5-8-32(38-17-24)25(2)20-41(21-26-11-13-45-14-12-26)22-30(23-42)28-6-9-33(39-18-28)31-15-29(19-40-36(31)37)27-7-10-34(43-3)35(16-27)44-4/h5-10,15-20,22-23,26H,11-14,21H2,1-4H3,(H2,37,40)/b25-20+,30-22+. The van der Waals surface area contributed by atoms with E-state index in [1.807, 2.05) is 74.8 Å². The molecule has 0 amide bonds. The molecular weight excluding hydrogens is 566 g/mol. The van der Waals surface area contributed by atoms with E-state index in [2.05, 4.69) is 26.1 Å². The van der Waals surface area contributed by atoms with E-state index in [1.165, 1.54) is 0 Å². The molecule has 3 aromatic heterocycles. The molecule has 1 aliphatic rings. The summed E-state index contributed by atoms with van der Waals surface area (Å²) < 4.78 is 16.4. The van der Waals surface area contributed by atoms with Crippen molar-refractivity contribution in [2.45, 2.75) is 26.7 Å². The van der Waals surface area contributed by atoms with Gasteiger partial charge in [0.15, 0.2) is 17.8 Å². The monoisotopic (exact) mass is 605 g/mol. The third-order valence-corrected chi connectivity index (χ3v) is 7.92. The van der Waals surface area contributed by atoms with Crippen LogP contribution in [0.25, 0.3) is 33.5 Å². The van der Waals surface area contributed by atoms with Crippen molar-refractivity contribution in [1.82, 2.24) is 19.9 Å². The number of ether oxygens (including phenoxy) is 3. The molecule has 1 fully saturated rings. The molecule has 0 aliphatic carbocycles. The third kappa shape index (κ3) is 7.74. The van der Waals surface area contributed by atoms with Gasteiger partial charge in [-0.05, 0) is 79.6 Å². The molecule has 1 aromatic carbocycles. The summed E-state index contributed by atoms with van der Waals surface area (Å²) in [6.45, 7) is 6.32. The normalized spacial score (nSPS) is 14.2. The summed E-state index contributed by atoms with van der Waals surface area (Å²) in [6, 6.07) is 15.4. The van der Waals surface area contributed by atoms with Crippen molar-refractivity contribution in [1.29, 1.82) is 0 Å². The van der Waals surface area contributed by atoms with E-state index in [1.54, 1.807) is 26.6 Å². The molecule has 1 saturated heterocycles. The molecule has 0 saturated carbocycles. The van der Waals surface area contributed by atoms with E-state index in [0.29, 0.717) is 45.6 Å². The van der Waals surface area contributed by atoms with Gasteiger partial charge in [-0.2, -0.15) is 0 Å². The van der Waals surface area contributed by atoms with Gasteiger partial charge in [0.2, 0.25) is 0 Å². The van der Waals surface area contributed by atoms with Crippen LogP contribution in [0.4, 0.5) is 5.82 Å². The van der Waals surface area contributed by atoms with Crippen molar-refractivity contribution in [3.8, 4) is 33.9 Å². The fourth-order valence-electron chi connectivity index (χ4n) is 5.32. The number of nitrogen functional groups attached to an aromatic ring is 1. The highest BCUT2D eigenvalue weighted by Gasteiger charge is 2.17. The summed E-state index contributed by atoms with van der Waals surface area (Å²) in [7, 11) is 3.20. The van der Waals surface area contributed by atoms with E-state index in [0.717, 1.165) is 66.8 Å². The molecule has 1 aliphatic heterocycles. The Hall–Kier alpha value is -5.02. The molecule has 4 aromatic rings. The van der Waals surface area contributed by atoms with Gasteiger partial charge < -0.3 is 24.8 Å². The highest BCUT2D eigenvalue weighted by atomic mass is 16.5. The molecule has 9 nitrogen and oxygen atoms in total. The smallest absolute Gasteiger partial charge is 0.161 e. The number of hydrogen-bond acceptors (Lipinski definition) is 9. The molecule has 0 spiro atoms. The third-order valence-electron chi connectivity index (χ3n) is 7.92. The van der Waals surface area contributed by atoms with Crippen LogP contribution in [-0.2, 0) is 9.53 Å². The summed E-state index contributed by atoms with van der Waals surface area (Å²) >= 11 is 0. The molecule has 4 heterocycles. The Kier molecular flexibility index (Phi) is 10.2. The topological polar surface area (TPSA) is 113 Å². The number of nitrogens with two attached hydrogens (primary N) is 1. The summed E-state index contributed by atoms with van der Waals surface area (Å²) in [5.74, 6) is 2.07. The van der Waals surface area contributed by atoms with E-state index in [4.69, 9.17) is 19.9 Å². The lowest BCUT2D eigenvalue weighted by Gasteiger charge is -2.27. The lowest BCUT2D eigenvalue weighted by Crippen LogP contribution is -2.26. The molecule has 0 bridgehead atoms. The van der Waals surface area contributed by atoms with Crippen LogP contribution >= 0.6 is 0 Å². The van der Waals surface area contributed by atoms with E-state index in [9.17, 15) is 4.79 Å². The molecule has 45 heavy (non-hydrogen) atoms. The lowest BCUT2D eigenvalue weighted by molar-refractivity contribution is -0.103. The molecule has 0 radical (unpaired) electrons. The molecule has 232 valence electrons. The number of aromatic nitrogens is 3. The first-order valence-corrected chi connectivity index (χ1v) is 14.9. The minimum Gasteiger partial charge on any atom is -0.493 e. The highest BCUT2D eigenvalue weighted by molar-refractivity contribution is 6.06. The number of benzene rings is 1. The minimum atomic E-state index is 0.360. The fourth-order valence-corrected chi connectivity index (χ4v) is 5.32. The highest BCUT2D eigenvalue weighted by Crippen LogP contribution is 2.34. The zero-order valence-corrected chi connectivity index (χ0v) is 26.2. The average molecular weight is 606 g/mol. The van der Waals surface area contributed by atoms with Gasteiger partial charge in [-0.1, -0.05) is 18.2 Å². The number of anilines is 1. The molecule has 0 unspecified atom stereocenters. The van der Waals surface area contributed by atoms with Gasteiger partial charge in [0.05, 0.1) is 25.6 Å². The molecular formula is C36H39N5O4. The van der Waals surface area contributed by atoms with E-state index in [-0.39, 0.29) is 0 Å². The molecule has 9 heteroatoms. The average Bonchev–Trinajstić information content (AvgIpc) is 3.08. The summed E-state index contributed by atoms with van der Waals surface area (Å²) in [4.78, 5) is 28.2.